The van der Waals surface area contributed by atoms with Crippen molar-refractivity contribution in [3.63, 3.8) is 0 Å². The van der Waals surface area contributed by atoms with E-state index < -0.39 is 6.04 Å². The fourth-order valence-electron chi connectivity index (χ4n) is 3.08. The number of rotatable bonds is 8. The Kier molecular flexibility index (Phi) is 7.27. The summed E-state index contributed by atoms with van der Waals surface area (Å²) in [6.07, 6.45) is 3.51. The molecule has 2 amide bonds. The van der Waals surface area contributed by atoms with Gasteiger partial charge in [-0.1, -0.05) is 42.5 Å². The molecule has 1 N–H and O–H groups in total. The lowest BCUT2D eigenvalue weighted by atomic mass is 10.1. The topological polar surface area (TPSA) is 62.3 Å². The monoisotopic (exact) mass is 405 g/mol. The first kappa shape index (κ1) is 21.2. The van der Waals surface area contributed by atoms with E-state index >= 15 is 0 Å². The summed E-state index contributed by atoms with van der Waals surface area (Å²) in [4.78, 5) is 31.3. The Balaban J connectivity index is 1.73. The molecule has 0 aliphatic rings. The van der Waals surface area contributed by atoms with Crippen LogP contribution in [0, 0.1) is 5.82 Å². The van der Waals surface area contributed by atoms with Crippen molar-refractivity contribution in [2.45, 2.75) is 32.5 Å². The highest BCUT2D eigenvalue weighted by Gasteiger charge is 2.26. The minimum absolute atomic E-state index is 0.169. The summed E-state index contributed by atoms with van der Waals surface area (Å²) in [5, 5.41) is 2.87. The van der Waals surface area contributed by atoms with Crippen LogP contribution in [0.1, 0.15) is 23.6 Å². The molecule has 2 aromatic carbocycles. The summed E-state index contributed by atoms with van der Waals surface area (Å²) in [5.74, 6) is -0.767. The Morgan fingerprint density at radius 2 is 1.60 bits per heavy atom. The Morgan fingerprint density at radius 3 is 2.27 bits per heavy atom. The first-order valence-electron chi connectivity index (χ1n) is 9.77. The zero-order valence-corrected chi connectivity index (χ0v) is 16.8. The van der Waals surface area contributed by atoms with Crippen LogP contribution >= 0.6 is 0 Å². The van der Waals surface area contributed by atoms with Gasteiger partial charge >= 0.3 is 0 Å². The number of amides is 2. The molecule has 0 fully saturated rings. The van der Waals surface area contributed by atoms with E-state index in [1.165, 1.54) is 17.0 Å². The van der Waals surface area contributed by atoms with Gasteiger partial charge in [0, 0.05) is 25.5 Å². The lowest BCUT2D eigenvalue weighted by molar-refractivity contribution is -0.140. The lowest BCUT2D eigenvalue weighted by Gasteiger charge is -2.29. The van der Waals surface area contributed by atoms with Crippen LogP contribution in [0.5, 0.6) is 0 Å². The maximum atomic E-state index is 13.3. The molecule has 1 atom stereocenters. The largest absolute Gasteiger partial charge is 0.350 e. The minimum atomic E-state index is -0.687. The smallest absolute Gasteiger partial charge is 0.242 e. The number of aromatic nitrogens is 1. The second-order valence-corrected chi connectivity index (χ2v) is 7.06. The van der Waals surface area contributed by atoms with E-state index in [1.807, 2.05) is 42.5 Å². The van der Waals surface area contributed by atoms with Crippen LogP contribution in [0.3, 0.4) is 0 Å². The average molecular weight is 405 g/mol. The van der Waals surface area contributed by atoms with Crippen LogP contribution in [0.15, 0.2) is 79.1 Å². The van der Waals surface area contributed by atoms with Crippen molar-refractivity contribution in [1.29, 1.82) is 0 Å². The molecule has 0 saturated carbocycles. The van der Waals surface area contributed by atoms with Gasteiger partial charge < -0.3 is 10.2 Å². The lowest BCUT2D eigenvalue weighted by Crippen LogP contribution is -2.48. The van der Waals surface area contributed by atoms with Crippen LogP contribution in [0.2, 0.25) is 0 Å². The number of halogens is 1. The number of hydrogen-bond donors (Lipinski definition) is 1. The van der Waals surface area contributed by atoms with Crippen molar-refractivity contribution in [2.75, 3.05) is 0 Å². The molecule has 0 spiro atoms. The maximum Gasteiger partial charge on any atom is 0.242 e. The van der Waals surface area contributed by atoms with E-state index in [4.69, 9.17) is 0 Å². The van der Waals surface area contributed by atoms with Gasteiger partial charge in [-0.3, -0.25) is 14.6 Å². The highest BCUT2D eigenvalue weighted by atomic mass is 19.1. The predicted octanol–water partition coefficient (Wildman–Crippen LogP) is 3.50. The molecule has 0 saturated heterocycles. The molecule has 1 aromatic heterocycles. The second kappa shape index (κ2) is 10.3. The molecule has 0 unspecified atom stereocenters. The molecular formula is C24H24FN3O2. The molecule has 154 valence electrons. The third-order valence-electron chi connectivity index (χ3n) is 4.85. The number of hydrogen-bond acceptors (Lipinski definition) is 3. The van der Waals surface area contributed by atoms with E-state index in [9.17, 15) is 14.0 Å². The summed E-state index contributed by atoms with van der Waals surface area (Å²) in [6, 6.07) is 18.3. The quantitative estimate of drug-likeness (QED) is 0.624. The van der Waals surface area contributed by atoms with Crippen molar-refractivity contribution in [3.05, 3.63) is 102 Å². The second-order valence-electron chi connectivity index (χ2n) is 7.06. The van der Waals surface area contributed by atoms with Gasteiger partial charge in [-0.15, -0.1) is 0 Å². The van der Waals surface area contributed by atoms with Crippen molar-refractivity contribution >= 4 is 11.8 Å². The van der Waals surface area contributed by atoms with Gasteiger partial charge in [0.1, 0.15) is 11.9 Å². The zero-order valence-electron chi connectivity index (χ0n) is 16.8. The van der Waals surface area contributed by atoms with E-state index in [2.05, 4.69) is 10.3 Å². The van der Waals surface area contributed by atoms with Crippen molar-refractivity contribution in [1.82, 2.24) is 15.2 Å². The Bertz CT molecular complexity index is 963. The van der Waals surface area contributed by atoms with Gasteiger partial charge in [-0.25, -0.2) is 4.39 Å². The predicted molar refractivity (Wildman–Crippen MR) is 113 cm³/mol. The summed E-state index contributed by atoms with van der Waals surface area (Å²) in [6.45, 7) is 2.27. The van der Waals surface area contributed by atoms with Crippen LogP contribution < -0.4 is 5.32 Å². The highest BCUT2D eigenvalue weighted by molar-refractivity contribution is 5.88. The number of pyridine rings is 1. The molecule has 3 rings (SSSR count). The molecule has 1 heterocycles. The fraction of sp³-hybridized carbons (Fsp3) is 0.208. The maximum absolute atomic E-state index is 13.3. The Morgan fingerprint density at radius 1 is 0.933 bits per heavy atom. The van der Waals surface area contributed by atoms with Crippen LogP contribution in [-0.4, -0.2) is 27.7 Å². The van der Waals surface area contributed by atoms with Crippen LogP contribution in [0.25, 0.3) is 0 Å². The third kappa shape index (κ3) is 5.98. The molecule has 0 aliphatic heterocycles. The molecule has 6 heteroatoms. The minimum Gasteiger partial charge on any atom is -0.350 e. The molecule has 0 radical (unpaired) electrons. The Labute approximate surface area is 175 Å². The highest BCUT2D eigenvalue weighted by Crippen LogP contribution is 2.13. The van der Waals surface area contributed by atoms with Gasteiger partial charge in [-0.05, 0) is 47.9 Å². The van der Waals surface area contributed by atoms with Crippen LogP contribution in [0.4, 0.5) is 4.39 Å². The third-order valence-corrected chi connectivity index (χ3v) is 4.85. The van der Waals surface area contributed by atoms with Crippen molar-refractivity contribution in [3.8, 4) is 0 Å². The molecule has 30 heavy (non-hydrogen) atoms. The first-order chi connectivity index (χ1) is 14.5. The summed E-state index contributed by atoms with van der Waals surface area (Å²) < 4.78 is 13.3. The van der Waals surface area contributed by atoms with Crippen LogP contribution in [-0.2, 0) is 29.1 Å². The van der Waals surface area contributed by atoms with Gasteiger partial charge in [0.05, 0.1) is 6.42 Å². The molecule has 3 aromatic rings. The SMILES string of the molecule is C[C@H](C(=O)NCc1ccncc1)N(Cc1ccc(F)cc1)C(=O)Cc1ccccc1. The van der Waals surface area contributed by atoms with E-state index in [-0.39, 0.29) is 30.6 Å². The molecule has 0 bridgehead atoms. The number of nitrogens with zero attached hydrogens (tertiary/aromatic N) is 2. The van der Waals surface area contributed by atoms with E-state index in [0.29, 0.717) is 6.54 Å². The summed E-state index contributed by atoms with van der Waals surface area (Å²) in [5.41, 5.74) is 2.55. The molecule has 0 aliphatic carbocycles. The van der Waals surface area contributed by atoms with Gasteiger partial charge in [0.25, 0.3) is 0 Å². The van der Waals surface area contributed by atoms with Gasteiger partial charge in [0.15, 0.2) is 0 Å². The summed E-state index contributed by atoms with van der Waals surface area (Å²) in [7, 11) is 0. The fourth-order valence-corrected chi connectivity index (χ4v) is 3.08. The number of benzene rings is 2. The normalized spacial score (nSPS) is 11.5. The average Bonchev–Trinajstić information content (AvgIpc) is 2.78. The Hall–Kier alpha value is -3.54. The van der Waals surface area contributed by atoms with E-state index in [1.54, 1.807) is 31.5 Å². The first-order valence-corrected chi connectivity index (χ1v) is 9.77. The number of carbonyl (C=O) groups excluding carboxylic acids is 2. The van der Waals surface area contributed by atoms with E-state index in [0.717, 1.165) is 16.7 Å². The summed E-state index contributed by atoms with van der Waals surface area (Å²) >= 11 is 0. The standard InChI is InChI=1S/C24H24FN3O2/c1-18(24(30)27-16-20-11-13-26-14-12-20)28(17-21-7-9-22(25)10-8-21)23(29)15-19-5-3-2-4-6-19/h2-14,18H,15-17H2,1H3,(H,27,30)/t18-/m1/s1. The number of nitrogens with one attached hydrogen (secondary N) is 1. The van der Waals surface area contributed by atoms with Crippen molar-refractivity contribution in [2.24, 2.45) is 0 Å². The number of carbonyl (C=O) groups is 2. The molecule has 5 nitrogen and oxygen atoms in total. The zero-order chi connectivity index (χ0) is 21.3. The van der Waals surface area contributed by atoms with Crippen molar-refractivity contribution < 1.29 is 14.0 Å². The van der Waals surface area contributed by atoms with Gasteiger partial charge in [0.2, 0.25) is 11.8 Å². The van der Waals surface area contributed by atoms with Gasteiger partial charge in [-0.2, -0.15) is 0 Å². The molecular weight excluding hydrogens is 381 g/mol.